The van der Waals surface area contributed by atoms with E-state index in [0.717, 1.165) is 0 Å². The summed E-state index contributed by atoms with van der Waals surface area (Å²) in [5.74, 6) is -0.343. The van der Waals surface area contributed by atoms with E-state index in [0.29, 0.717) is 5.56 Å². The third kappa shape index (κ3) is 2.96. The molecule has 18 heavy (non-hydrogen) atoms. The summed E-state index contributed by atoms with van der Waals surface area (Å²) in [7, 11) is 0. The minimum Gasteiger partial charge on any atom is -0.508 e. The number of aliphatic hydroxyl groups excluding tert-OH is 2. The lowest BCUT2D eigenvalue weighted by atomic mass is 9.95. The summed E-state index contributed by atoms with van der Waals surface area (Å²) in [5.41, 5.74) is 0.612. The molecular formula is C15H14O3. The summed E-state index contributed by atoms with van der Waals surface area (Å²) in [4.78, 5) is 11.8. The van der Waals surface area contributed by atoms with Crippen LogP contribution in [-0.2, 0) is 0 Å². The van der Waals surface area contributed by atoms with Crippen molar-refractivity contribution in [2.45, 2.75) is 6.10 Å². The molecule has 2 N–H and O–H groups in total. The van der Waals surface area contributed by atoms with Crippen molar-refractivity contribution in [2.24, 2.45) is 5.92 Å². The Morgan fingerprint density at radius 3 is 2.61 bits per heavy atom. The number of rotatable bonds is 3. The molecule has 0 spiro atoms. The van der Waals surface area contributed by atoms with Crippen LogP contribution in [0.2, 0.25) is 0 Å². The van der Waals surface area contributed by atoms with Gasteiger partial charge in [-0.2, -0.15) is 0 Å². The van der Waals surface area contributed by atoms with Crippen LogP contribution in [0.1, 0.15) is 10.4 Å². The molecule has 92 valence electrons. The topological polar surface area (TPSA) is 57.5 Å². The van der Waals surface area contributed by atoms with Gasteiger partial charge in [-0.1, -0.05) is 42.5 Å². The van der Waals surface area contributed by atoms with E-state index in [1.807, 2.05) is 6.07 Å². The second kappa shape index (κ2) is 5.47. The molecule has 2 unspecified atom stereocenters. The molecule has 0 saturated carbocycles. The van der Waals surface area contributed by atoms with E-state index < -0.39 is 6.10 Å². The molecule has 3 heteroatoms. The number of aliphatic hydroxyl groups is 2. The van der Waals surface area contributed by atoms with Crippen LogP contribution in [0.3, 0.4) is 0 Å². The van der Waals surface area contributed by atoms with Crippen molar-refractivity contribution in [1.29, 1.82) is 0 Å². The smallest absolute Gasteiger partial charge is 0.185 e. The van der Waals surface area contributed by atoms with Gasteiger partial charge in [-0.05, 0) is 18.2 Å². The summed E-state index contributed by atoms with van der Waals surface area (Å²) in [6.45, 7) is 0. The Morgan fingerprint density at radius 1 is 1.22 bits per heavy atom. The molecule has 0 fully saturated rings. The molecule has 1 aromatic carbocycles. The Kier molecular flexibility index (Phi) is 3.75. The molecule has 1 aliphatic rings. The number of ketones is 1. The Labute approximate surface area is 105 Å². The maximum atomic E-state index is 11.8. The van der Waals surface area contributed by atoms with Crippen molar-refractivity contribution in [1.82, 2.24) is 0 Å². The first-order chi connectivity index (χ1) is 8.66. The maximum Gasteiger partial charge on any atom is 0.185 e. The third-order valence-electron chi connectivity index (χ3n) is 2.75. The number of carbonyl (C=O) groups is 1. The van der Waals surface area contributed by atoms with Crippen molar-refractivity contribution in [2.75, 3.05) is 0 Å². The zero-order chi connectivity index (χ0) is 13.0. The fourth-order valence-electron chi connectivity index (χ4n) is 1.74. The van der Waals surface area contributed by atoms with Crippen molar-refractivity contribution in [3.05, 3.63) is 72.0 Å². The molecule has 1 aromatic rings. The zero-order valence-electron chi connectivity index (χ0n) is 9.73. The van der Waals surface area contributed by atoms with Crippen LogP contribution in [0.15, 0.2) is 66.5 Å². The number of benzene rings is 1. The standard InChI is InChI=1S/C15H14O3/c16-13-8-6-12(15(18)10-13)7-9-14(17)11-4-2-1-3-5-11/h1-10,12,15-16,18H. The van der Waals surface area contributed by atoms with E-state index in [-0.39, 0.29) is 17.5 Å². The Balaban J connectivity index is 2.04. The lowest BCUT2D eigenvalue weighted by molar-refractivity contribution is 0.104. The summed E-state index contributed by atoms with van der Waals surface area (Å²) >= 11 is 0. The van der Waals surface area contributed by atoms with Crippen LogP contribution in [0.5, 0.6) is 0 Å². The number of hydrogen-bond donors (Lipinski definition) is 2. The van der Waals surface area contributed by atoms with Crippen LogP contribution in [0, 0.1) is 5.92 Å². The molecule has 0 aromatic heterocycles. The normalized spacial score (nSPS) is 23.1. The highest BCUT2D eigenvalue weighted by Gasteiger charge is 2.15. The van der Waals surface area contributed by atoms with Crippen LogP contribution in [-0.4, -0.2) is 22.1 Å². The van der Waals surface area contributed by atoms with Crippen LogP contribution < -0.4 is 0 Å². The minimum atomic E-state index is -0.796. The molecule has 0 saturated heterocycles. The highest BCUT2D eigenvalue weighted by Crippen LogP contribution is 2.17. The molecule has 3 nitrogen and oxygen atoms in total. The summed E-state index contributed by atoms with van der Waals surface area (Å²) < 4.78 is 0. The highest BCUT2D eigenvalue weighted by atomic mass is 16.3. The van der Waals surface area contributed by atoms with Gasteiger partial charge in [-0.25, -0.2) is 0 Å². The predicted molar refractivity (Wildman–Crippen MR) is 69.3 cm³/mol. The van der Waals surface area contributed by atoms with Gasteiger partial charge in [0.05, 0.1) is 6.10 Å². The molecule has 1 aliphatic carbocycles. The van der Waals surface area contributed by atoms with Gasteiger partial charge >= 0.3 is 0 Å². The van der Waals surface area contributed by atoms with Gasteiger partial charge in [-0.3, -0.25) is 4.79 Å². The van der Waals surface area contributed by atoms with Crippen molar-refractivity contribution >= 4 is 5.78 Å². The number of allylic oxidation sites excluding steroid dienone is 2. The predicted octanol–water partition coefficient (Wildman–Crippen LogP) is 2.41. The molecule has 0 amide bonds. The SMILES string of the molecule is O=C(C=CC1C=CC(O)=CC1O)c1ccccc1. The number of carbonyl (C=O) groups excluding carboxylic acids is 1. The maximum absolute atomic E-state index is 11.8. The van der Waals surface area contributed by atoms with Gasteiger partial charge in [0.25, 0.3) is 0 Å². The van der Waals surface area contributed by atoms with E-state index in [2.05, 4.69) is 0 Å². The van der Waals surface area contributed by atoms with Gasteiger partial charge in [0, 0.05) is 11.5 Å². The molecule has 2 atom stereocenters. The van der Waals surface area contributed by atoms with Gasteiger partial charge < -0.3 is 10.2 Å². The van der Waals surface area contributed by atoms with Crippen LogP contribution >= 0.6 is 0 Å². The Morgan fingerprint density at radius 2 is 1.94 bits per heavy atom. The van der Waals surface area contributed by atoms with Gasteiger partial charge in [0.15, 0.2) is 5.78 Å². The first-order valence-electron chi connectivity index (χ1n) is 5.71. The zero-order valence-corrected chi connectivity index (χ0v) is 9.73. The van der Waals surface area contributed by atoms with Crippen LogP contribution in [0.4, 0.5) is 0 Å². The largest absolute Gasteiger partial charge is 0.508 e. The lowest BCUT2D eigenvalue weighted by Crippen LogP contribution is -2.17. The second-order valence-electron chi connectivity index (χ2n) is 4.11. The van der Waals surface area contributed by atoms with E-state index in [1.54, 1.807) is 36.4 Å². The van der Waals surface area contributed by atoms with Crippen molar-refractivity contribution < 1.29 is 15.0 Å². The van der Waals surface area contributed by atoms with E-state index in [9.17, 15) is 15.0 Å². The van der Waals surface area contributed by atoms with E-state index in [4.69, 9.17) is 0 Å². The van der Waals surface area contributed by atoms with Crippen molar-refractivity contribution in [3.8, 4) is 0 Å². The lowest BCUT2D eigenvalue weighted by Gasteiger charge is -2.16. The molecule has 0 radical (unpaired) electrons. The highest BCUT2D eigenvalue weighted by molar-refractivity contribution is 6.04. The van der Waals surface area contributed by atoms with Gasteiger partial charge in [-0.15, -0.1) is 0 Å². The molecule has 0 aliphatic heterocycles. The quantitative estimate of drug-likeness (QED) is 0.632. The first kappa shape index (κ1) is 12.3. The van der Waals surface area contributed by atoms with E-state index >= 15 is 0 Å². The molecule has 0 heterocycles. The minimum absolute atomic E-state index is 0.0431. The molecule has 2 rings (SSSR count). The summed E-state index contributed by atoms with van der Waals surface area (Å²) in [5, 5.41) is 18.8. The third-order valence-corrected chi connectivity index (χ3v) is 2.75. The molecule has 0 bridgehead atoms. The second-order valence-corrected chi connectivity index (χ2v) is 4.11. The molecular weight excluding hydrogens is 228 g/mol. The fourth-order valence-corrected chi connectivity index (χ4v) is 1.74. The Bertz CT molecular complexity index is 512. The van der Waals surface area contributed by atoms with Gasteiger partial charge in [0.1, 0.15) is 5.76 Å². The summed E-state index contributed by atoms with van der Waals surface area (Å²) in [6, 6.07) is 8.94. The summed E-state index contributed by atoms with van der Waals surface area (Å²) in [6.07, 6.45) is 6.81. The number of hydrogen-bond acceptors (Lipinski definition) is 3. The van der Waals surface area contributed by atoms with Crippen LogP contribution in [0.25, 0.3) is 0 Å². The monoisotopic (exact) mass is 242 g/mol. The first-order valence-corrected chi connectivity index (χ1v) is 5.71. The van der Waals surface area contributed by atoms with Gasteiger partial charge in [0.2, 0.25) is 0 Å². The van der Waals surface area contributed by atoms with E-state index in [1.165, 1.54) is 18.2 Å². The Hall–Kier alpha value is -2.13. The average Bonchev–Trinajstić information content (AvgIpc) is 2.38. The van der Waals surface area contributed by atoms with Crippen molar-refractivity contribution in [3.63, 3.8) is 0 Å². The fraction of sp³-hybridized carbons (Fsp3) is 0.133. The average molecular weight is 242 g/mol.